The van der Waals surface area contributed by atoms with E-state index in [4.69, 9.17) is 51.7 Å². The average Bonchev–Trinajstić information content (AvgIpc) is 2.44. The van der Waals surface area contributed by atoms with Crippen LogP contribution in [-0.2, 0) is 0 Å². The fraction of sp³-hybridized carbons (Fsp3) is 0.625. The zero-order chi connectivity index (χ0) is 9.85. The number of allylic oxidation sites excluding steroid dienone is 2. The number of alkyl halides is 2. The first kappa shape index (κ1) is 9.93. The first-order chi connectivity index (χ1) is 5.94. The number of rotatable bonds is 0. The zero-order valence-corrected chi connectivity index (χ0v) is 9.47. The van der Waals surface area contributed by atoms with E-state index in [1.54, 1.807) is 0 Å². The Morgan fingerprint density at radius 3 is 2.31 bits per heavy atom. The van der Waals surface area contributed by atoms with Crippen LogP contribution in [0.4, 0.5) is 0 Å². The minimum atomic E-state index is -0.838. The molecule has 1 fully saturated rings. The van der Waals surface area contributed by atoms with Crippen molar-refractivity contribution >= 4 is 46.4 Å². The Morgan fingerprint density at radius 2 is 1.92 bits per heavy atom. The highest BCUT2D eigenvalue weighted by Gasteiger charge is 2.63. The van der Waals surface area contributed by atoms with Crippen molar-refractivity contribution in [3.05, 3.63) is 10.1 Å². The molecule has 2 rings (SSSR count). The van der Waals surface area contributed by atoms with Gasteiger partial charge in [0.05, 0.1) is 31.8 Å². The van der Waals surface area contributed by atoms with Crippen LogP contribution in [0.15, 0.2) is 10.1 Å². The van der Waals surface area contributed by atoms with Crippen molar-refractivity contribution in [3.8, 4) is 6.07 Å². The molecule has 1 nitrogen and oxygen atoms in total. The third-order valence-corrected chi connectivity index (χ3v) is 5.15. The average molecular weight is 257 g/mol. The second-order valence-electron chi connectivity index (χ2n) is 3.52. The highest BCUT2D eigenvalue weighted by molar-refractivity contribution is 6.51. The number of nitrogens with zero attached hydrogens (tertiary/aromatic N) is 1. The molecular weight excluding hydrogens is 252 g/mol. The van der Waals surface area contributed by atoms with Crippen molar-refractivity contribution in [2.45, 2.75) is 22.6 Å². The molecule has 2 aliphatic carbocycles. The number of hydrogen-bond acceptors (Lipinski definition) is 1. The molecule has 2 bridgehead atoms. The number of halogens is 4. The molecule has 0 aromatic carbocycles. The van der Waals surface area contributed by atoms with Crippen molar-refractivity contribution in [3.63, 3.8) is 0 Å². The van der Waals surface area contributed by atoms with E-state index in [1.165, 1.54) is 0 Å². The van der Waals surface area contributed by atoms with E-state index in [9.17, 15) is 0 Å². The molecule has 0 heterocycles. The molecule has 13 heavy (non-hydrogen) atoms. The summed E-state index contributed by atoms with van der Waals surface area (Å²) in [5.41, 5.74) is 0. The summed E-state index contributed by atoms with van der Waals surface area (Å²) >= 11 is 24.3. The molecule has 0 spiro atoms. The van der Waals surface area contributed by atoms with Gasteiger partial charge in [-0.25, -0.2) is 0 Å². The third-order valence-electron chi connectivity index (χ3n) is 2.72. The van der Waals surface area contributed by atoms with Crippen molar-refractivity contribution in [1.29, 1.82) is 5.26 Å². The third kappa shape index (κ3) is 1.07. The van der Waals surface area contributed by atoms with Gasteiger partial charge in [-0.1, -0.05) is 23.2 Å². The maximum atomic E-state index is 8.85. The van der Waals surface area contributed by atoms with E-state index in [0.717, 1.165) is 0 Å². The normalized spacial score (nSPS) is 48.4. The fourth-order valence-electron chi connectivity index (χ4n) is 2.01. The van der Waals surface area contributed by atoms with Gasteiger partial charge in [-0.3, -0.25) is 0 Å². The molecule has 0 unspecified atom stereocenters. The molecule has 0 radical (unpaired) electrons. The quantitative estimate of drug-likeness (QED) is 0.608. The summed E-state index contributed by atoms with van der Waals surface area (Å²) < 4.78 is 0. The van der Waals surface area contributed by atoms with Crippen LogP contribution in [0.25, 0.3) is 0 Å². The van der Waals surface area contributed by atoms with E-state index in [1.807, 2.05) is 0 Å². The lowest BCUT2D eigenvalue weighted by Crippen LogP contribution is -2.26. The molecule has 5 heteroatoms. The lowest BCUT2D eigenvalue weighted by Gasteiger charge is -2.24. The molecule has 3 atom stereocenters. The second-order valence-corrected chi connectivity index (χ2v) is 5.67. The van der Waals surface area contributed by atoms with Gasteiger partial charge in [0, 0.05) is 0 Å². The molecule has 0 N–H and O–H groups in total. The van der Waals surface area contributed by atoms with Crippen molar-refractivity contribution in [2.75, 3.05) is 0 Å². The largest absolute Gasteiger partial charge is 0.198 e. The summed E-state index contributed by atoms with van der Waals surface area (Å²) in [4.78, 5) is -1.53. The summed E-state index contributed by atoms with van der Waals surface area (Å²) in [6.45, 7) is 0. The van der Waals surface area contributed by atoms with Gasteiger partial charge in [-0.05, 0) is 12.8 Å². The molecule has 2 aliphatic rings. The summed E-state index contributed by atoms with van der Waals surface area (Å²) in [5, 5.41) is 9.62. The first-order valence-electron chi connectivity index (χ1n) is 3.78. The van der Waals surface area contributed by atoms with Crippen LogP contribution in [0, 0.1) is 17.2 Å². The van der Waals surface area contributed by atoms with Crippen molar-refractivity contribution in [2.24, 2.45) is 5.92 Å². The van der Waals surface area contributed by atoms with E-state index in [-0.39, 0.29) is 5.92 Å². The molecule has 1 saturated carbocycles. The molecule has 0 saturated heterocycles. The second kappa shape index (κ2) is 2.70. The van der Waals surface area contributed by atoms with Crippen LogP contribution in [0.5, 0.6) is 0 Å². The Labute approximate surface area is 96.2 Å². The van der Waals surface area contributed by atoms with Gasteiger partial charge < -0.3 is 0 Å². The monoisotopic (exact) mass is 255 g/mol. The summed E-state index contributed by atoms with van der Waals surface area (Å²) in [6.07, 6.45) is 0.947. The van der Waals surface area contributed by atoms with Gasteiger partial charge >= 0.3 is 0 Å². The lowest BCUT2D eigenvalue weighted by atomic mass is 9.94. The maximum absolute atomic E-state index is 8.85. The molecule has 0 aromatic rings. The topological polar surface area (TPSA) is 23.8 Å². The van der Waals surface area contributed by atoms with Gasteiger partial charge in [-0.15, -0.1) is 23.2 Å². The fourth-order valence-corrected chi connectivity index (χ4v) is 3.78. The van der Waals surface area contributed by atoms with Crippen LogP contribution in [0.1, 0.15) is 12.8 Å². The SMILES string of the molecule is N#C[C@H]1C[C@]2(Cl)C[C@@]1(Cl)C(Cl)=C2Cl. The Bertz CT molecular complexity index is 345. The summed E-state index contributed by atoms with van der Waals surface area (Å²) in [5.74, 6) is -0.332. The van der Waals surface area contributed by atoms with Crippen LogP contribution in [0.2, 0.25) is 0 Å². The zero-order valence-electron chi connectivity index (χ0n) is 6.45. The number of hydrogen-bond donors (Lipinski definition) is 0. The highest BCUT2D eigenvalue weighted by Crippen LogP contribution is 2.64. The lowest BCUT2D eigenvalue weighted by molar-refractivity contribution is 0.585. The summed E-state index contributed by atoms with van der Waals surface area (Å²) in [7, 11) is 0. The van der Waals surface area contributed by atoms with E-state index < -0.39 is 9.75 Å². The van der Waals surface area contributed by atoms with Crippen LogP contribution in [0.3, 0.4) is 0 Å². The van der Waals surface area contributed by atoms with E-state index in [0.29, 0.717) is 22.9 Å². The Kier molecular flexibility index (Phi) is 2.06. The minimum Gasteiger partial charge on any atom is -0.198 e. The van der Waals surface area contributed by atoms with Gasteiger partial charge in [0.25, 0.3) is 0 Å². The van der Waals surface area contributed by atoms with Crippen LogP contribution in [-0.4, -0.2) is 9.75 Å². The molecule has 0 amide bonds. The maximum Gasteiger partial charge on any atom is 0.0991 e. The van der Waals surface area contributed by atoms with Crippen molar-refractivity contribution in [1.82, 2.24) is 0 Å². The van der Waals surface area contributed by atoms with E-state index in [2.05, 4.69) is 6.07 Å². The predicted octanol–water partition coefficient (Wildman–Crippen LogP) is 3.58. The predicted molar refractivity (Wildman–Crippen MR) is 54.2 cm³/mol. The Balaban J connectivity index is 2.54. The number of fused-ring (bicyclic) bond motifs is 2. The molecule has 0 aliphatic heterocycles. The molecular formula is C8H5Cl4N. The van der Waals surface area contributed by atoms with Gasteiger partial charge in [0.15, 0.2) is 0 Å². The van der Waals surface area contributed by atoms with E-state index >= 15 is 0 Å². The first-order valence-corrected chi connectivity index (χ1v) is 5.29. The highest BCUT2D eigenvalue weighted by atomic mass is 35.5. The molecule has 70 valence electrons. The minimum absolute atomic E-state index is 0.332. The van der Waals surface area contributed by atoms with Gasteiger partial charge in [0.2, 0.25) is 0 Å². The standard InChI is InChI=1S/C8H5Cl4N/c9-5-6(10)8(12)3-7(5,11)1-4(8)2-13/h4H,1,3H2/t4-,7+,8+/m1/s1. The van der Waals surface area contributed by atoms with Crippen molar-refractivity contribution < 1.29 is 0 Å². The smallest absolute Gasteiger partial charge is 0.0991 e. The summed E-state index contributed by atoms with van der Waals surface area (Å²) in [6, 6.07) is 2.12. The molecule has 0 aromatic heterocycles. The van der Waals surface area contributed by atoms with Crippen LogP contribution < -0.4 is 0 Å². The number of nitriles is 1. The van der Waals surface area contributed by atoms with Crippen LogP contribution >= 0.6 is 46.4 Å². The Hall–Kier alpha value is 0.390. The Morgan fingerprint density at radius 1 is 1.31 bits per heavy atom. The van der Waals surface area contributed by atoms with Gasteiger partial charge in [0.1, 0.15) is 0 Å². The van der Waals surface area contributed by atoms with Gasteiger partial charge in [-0.2, -0.15) is 5.26 Å².